The van der Waals surface area contributed by atoms with Crippen molar-refractivity contribution in [3.8, 4) is 0 Å². The number of fused-ring (bicyclic) bond motifs is 1. The maximum absolute atomic E-state index is 13.8. The summed E-state index contributed by atoms with van der Waals surface area (Å²) in [5.74, 6) is 0.821. The quantitative estimate of drug-likeness (QED) is 0.785. The van der Waals surface area contributed by atoms with E-state index in [1.807, 2.05) is 13.1 Å². The summed E-state index contributed by atoms with van der Waals surface area (Å²) in [6.07, 6.45) is 1.02. The first-order valence-corrected chi connectivity index (χ1v) is 5.60. The zero-order chi connectivity index (χ0) is 11.0. The summed E-state index contributed by atoms with van der Waals surface area (Å²) in [5, 5.41) is 3.27. The van der Waals surface area contributed by atoms with Crippen molar-refractivity contribution in [1.82, 2.24) is 5.32 Å². The molecule has 0 amide bonds. The lowest BCUT2D eigenvalue weighted by Crippen LogP contribution is -2.13. The van der Waals surface area contributed by atoms with E-state index in [0.717, 1.165) is 17.5 Å². The molecule has 1 aliphatic carbocycles. The highest BCUT2D eigenvalue weighted by atomic mass is 19.1. The van der Waals surface area contributed by atoms with Gasteiger partial charge in [0.1, 0.15) is 5.82 Å². The van der Waals surface area contributed by atoms with Crippen LogP contribution in [0.4, 0.5) is 4.39 Å². The smallest absolute Gasteiger partial charge is 0.127 e. The molecule has 0 saturated carbocycles. The molecule has 0 aliphatic heterocycles. The topological polar surface area (TPSA) is 12.0 Å². The van der Waals surface area contributed by atoms with Crippen LogP contribution in [0.5, 0.6) is 0 Å². The molecule has 0 heterocycles. The standard InChI is InChI=1S/C13H18FN/c1-8(2)10-7-12(15-3)9-5-4-6-11(14)13(9)10/h4-6,8,10,12,15H,7H2,1-3H3. The molecular formula is C13H18FN. The Labute approximate surface area is 90.7 Å². The first-order chi connectivity index (χ1) is 7.15. The molecule has 82 valence electrons. The maximum Gasteiger partial charge on any atom is 0.127 e. The molecule has 2 rings (SSSR count). The zero-order valence-corrected chi connectivity index (χ0v) is 9.55. The number of rotatable bonds is 2. The fraction of sp³-hybridized carbons (Fsp3) is 0.538. The largest absolute Gasteiger partial charge is 0.313 e. The second-order valence-corrected chi connectivity index (χ2v) is 4.67. The van der Waals surface area contributed by atoms with Crippen LogP contribution in [0.25, 0.3) is 0 Å². The highest BCUT2D eigenvalue weighted by Gasteiger charge is 2.33. The number of nitrogens with one attached hydrogen (secondary N) is 1. The molecule has 2 unspecified atom stereocenters. The van der Waals surface area contributed by atoms with Gasteiger partial charge in [0.15, 0.2) is 0 Å². The molecule has 1 aromatic carbocycles. The minimum Gasteiger partial charge on any atom is -0.313 e. The Kier molecular flexibility index (Phi) is 2.79. The van der Waals surface area contributed by atoms with Crippen molar-refractivity contribution in [1.29, 1.82) is 0 Å². The van der Waals surface area contributed by atoms with Crippen LogP contribution in [-0.2, 0) is 0 Å². The summed E-state index contributed by atoms with van der Waals surface area (Å²) < 4.78 is 13.8. The summed E-state index contributed by atoms with van der Waals surface area (Å²) in [7, 11) is 1.95. The van der Waals surface area contributed by atoms with Crippen LogP contribution in [0.2, 0.25) is 0 Å². The van der Waals surface area contributed by atoms with Crippen LogP contribution in [0.15, 0.2) is 18.2 Å². The maximum atomic E-state index is 13.8. The van der Waals surface area contributed by atoms with E-state index in [4.69, 9.17) is 0 Å². The predicted octanol–water partition coefficient (Wildman–Crippen LogP) is 3.23. The van der Waals surface area contributed by atoms with Crippen LogP contribution in [0.3, 0.4) is 0 Å². The third-order valence-electron chi connectivity index (χ3n) is 3.48. The van der Waals surface area contributed by atoms with Crippen molar-refractivity contribution < 1.29 is 4.39 Å². The minimum absolute atomic E-state index is 0.0380. The van der Waals surface area contributed by atoms with Gasteiger partial charge in [0.25, 0.3) is 0 Å². The normalized spacial score (nSPS) is 24.6. The molecule has 2 heteroatoms. The molecule has 1 nitrogen and oxygen atoms in total. The van der Waals surface area contributed by atoms with Crippen molar-refractivity contribution in [3.05, 3.63) is 35.1 Å². The van der Waals surface area contributed by atoms with E-state index < -0.39 is 0 Å². The van der Waals surface area contributed by atoms with Gasteiger partial charge in [0.2, 0.25) is 0 Å². The number of hydrogen-bond acceptors (Lipinski definition) is 1. The molecule has 0 spiro atoms. The van der Waals surface area contributed by atoms with Crippen LogP contribution in [0.1, 0.15) is 43.4 Å². The average molecular weight is 207 g/mol. The highest BCUT2D eigenvalue weighted by molar-refractivity contribution is 5.39. The molecule has 1 aromatic rings. The fourth-order valence-corrected chi connectivity index (χ4v) is 2.63. The predicted molar refractivity (Wildman–Crippen MR) is 60.4 cm³/mol. The Morgan fingerprint density at radius 1 is 1.40 bits per heavy atom. The second kappa shape index (κ2) is 3.93. The van der Waals surface area contributed by atoms with E-state index >= 15 is 0 Å². The number of hydrogen-bond donors (Lipinski definition) is 1. The Bertz CT molecular complexity index is 360. The monoisotopic (exact) mass is 207 g/mol. The average Bonchev–Trinajstić information content (AvgIpc) is 2.58. The summed E-state index contributed by atoms with van der Waals surface area (Å²) in [6, 6.07) is 5.75. The second-order valence-electron chi connectivity index (χ2n) is 4.67. The molecule has 0 aromatic heterocycles. The third kappa shape index (κ3) is 1.67. The van der Waals surface area contributed by atoms with E-state index in [2.05, 4.69) is 19.2 Å². The van der Waals surface area contributed by atoms with E-state index in [-0.39, 0.29) is 5.82 Å². The SMILES string of the molecule is CNC1CC(C(C)C)c2c(F)cccc21. The molecule has 15 heavy (non-hydrogen) atoms. The van der Waals surface area contributed by atoms with Crippen LogP contribution in [0, 0.1) is 11.7 Å². The van der Waals surface area contributed by atoms with Crippen LogP contribution in [-0.4, -0.2) is 7.05 Å². The van der Waals surface area contributed by atoms with Gasteiger partial charge in [-0.15, -0.1) is 0 Å². The van der Waals surface area contributed by atoms with Gasteiger partial charge in [-0.3, -0.25) is 0 Å². The lowest BCUT2D eigenvalue weighted by molar-refractivity contribution is 0.436. The van der Waals surface area contributed by atoms with Gasteiger partial charge >= 0.3 is 0 Å². The molecule has 0 bridgehead atoms. The van der Waals surface area contributed by atoms with Gasteiger partial charge in [0.05, 0.1) is 0 Å². The first kappa shape index (κ1) is 10.6. The number of halogens is 1. The van der Waals surface area contributed by atoms with E-state index in [1.54, 1.807) is 12.1 Å². The highest BCUT2D eigenvalue weighted by Crippen LogP contribution is 2.44. The van der Waals surface area contributed by atoms with Gasteiger partial charge in [0, 0.05) is 6.04 Å². The van der Waals surface area contributed by atoms with Crippen molar-refractivity contribution >= 4 is 0 Å². The van der Waals surface area contributed by atoms with Crippen molar-refractivity contribution in [3.63, 3.8) is 0 Å². The van der Waals surface area contributed by atoms with E-state index in [9.17, 15) is 4.39 Å². The summed E-state index contributed by atoms with van der Waals surface area (Å²) in [6.45, 7) is 4.33. The lowest BCUT2D eigenvalue weighted by atomic mass is 9.90. The summed E-state index contributed by atoms with van der Waals surface area (Å²) in [5.41, 5.74) is 2.09. The van der Waals surface area contributed by atoms with Gasteiger partial charge in [-0.2, -0.15) is 0 Å². The van der Waals surface area contributed by atoms with Crippen molar-refractivity contribution in [2.75, 3.05) is 7.05 Å². The van der Waals surface area contributed by atoms with Crippen LogP contribution < -0.4 is 5.32 Å². The lowest BCUT2D eigenvalue weighted by Gasteiger charge is -2.16. The Morgan fingerprint density at radius 3 is 2.73 bits per heavy atom. The Balaban J connectivity index is 2.48. The van der Waals surface area contributed by atoms with Crippen molar-refractivity contribution in [2.24, 2.45) is 5.92 Å². The Hall–Kier alpha value is -0.890. The zero-order valence-electron chi connectivity index (χ0n) is 9.55. The fourth-order valence-electron chi connectivity index (χ4n) is 2.63. The van der Waals surface area contributed by atoms with Gasteiger partial charge in [-0.05, 0) is 42.5 Å². The minimum atomic E-state index is -0.0380. The third-order valence-corrected chi connectivity index (χ3v) is 3.48. The van der Waals surface area contributed by atoms with E-state index in [0.29, 0.717) is 17.9 Å². The van der Waals surface area contributed by atoms with Gasteiger partial charge in [-0.1, -0.05) is 26.0 Å². The first-order valence-electron chi connectivity index (χ1n) is 5.60. The Morgan fingerprint density at radius 2 is 2.13 bits per heavy atom. The summed E-state index contributed by atoms with van der Waals surface area (Å²) >= 11 is 0. The van der Waals surface area contributed by atoms with Gasteiger partial charge in [-0.25, -0.2) is 4.39 Å². The molecular weight excluding hydrogens is 189 g/mol. The molecule has 1 aliphatic rings. The van der Waals surface area contributed by atoms with E-state index in [1.165, 1.54) is 0 Å². The van der Waals surface area contributed by atoms with Crippen LogP contribution >= 0.6 is 0 Å². The summed E-state index contributed by atoms with van der Waals surface area (Å²) in [4.78, 5) is 0. The molecule has 1 N–H and O–H groups in total. The van der Waals surface area contributed by atoms with Crippen molar-refractivity contribution in [2.45, 2.75) is 32.2 Å². The molecule has 0 radical (unpaired) electrons. The molecule has 0 fully saturated rings. The van der Waals surface area contributed by atoms with Gasteiger partial charge < -0.3 is 5.32 Å². The molecule has 2 atom stereocenters. The number of benzene rings is 1. The molecule has 0 saturated heterocycles.